The van der Waals surface area contributed by atoms with Crippen LogP contribution >= 0.6 is 0 Å². The number of benzene rings is 2. The topological polar surface area (TPSA) is 66.3 Å². The molecule has 1 aromatic heterocycles. The van der Waals surface area contributed by atoms with Crippen molar-refractivity contribution < 1.29 is 4.79 Å². The van der Waals surface area contributed by atoms with Crippen LogP contribution in [0, 0.1) is 0 Å². The number of amides is 1. The quantitative estimate of drug-likeness (QED) is 0.481. The van der Waals surface area contributed by atoms with Crippen LogP contribution in [0.25, 0.3) is 0 Å². The highest BCUT2D eigenvalue weighted by Crippen LogP contribution is 2.19. The van der Waals surface area contributed by atoms with Crippen LogP contribution in [0.2, 0.25) is 0 Å². The van der Waals surface area contributed by atoms with Crippen molar-refractivity contribution in [3.8, 4) is 0 Å². The molecule has 0 bridgehead atoms. The molecule has 0 saturated carbocycles. The number of carbonyl (C=O) groups excluding carboxylic acids is 1. The molecule has 0 aliphatic carbocycles. The van der Waals surface area contributed by atoms with Gasteiger partial charge in [0.05, 0.1) is 6.04 Å². The van der Waals surface area contributed by atoms with Gasteiger partial charge in [-0.1, -0.05) is 42.5 Å². The summed E-state index contributed by atoms with van der Waals surface area (Å²) >= 11 is 0. The second-order valence-electron chi connectivity index (χ2n) is 9.27. The van der Waals surface area contributed by atoms with E-state index in [4.69, 9.17) is 0 Å². The lowest BCUT2D eigenvalue weighted by Gasteiger charge is -2.23. The van der Waals surface area contributed by atoms with Gasteiger partial charge in [-0.25, -0.2) is 0 Å². The third-order valence-corrected chi connectivity index (χ3v) is 6.87. The van der Waals surface area contributed by atoms with Gasteiger partial charge in [-0.2, -0.15) is 0 Å². The fraction of sp³-hybridized carbons (Fsp3) is 0.464. The lowest BCUT2D eigenvalue weighted by molar-refractivity contribution is -0.121. The second kappa shape index (κ2) is 12.0. The molecule has 35 heavy (non-hydrogen) atoms. The number of hydrogen-bond donors (Lipinski definition) is 1. The molecule has 0 unspecified atom stereocenters. The summed E-state index contributed by atoms with van der Waals surface area (Å²) in [5.74, 6) is 1.89. The molecule has 7 nitrogen and oxygen atoms in total. The number of hydrogen-bond acceptors (Lipinski definition) is 5. The number of carbonyl (C=O) groups is 1. The SMILES string of the molecule is CCN(CC)c1ccc(CN2CCc3nnc([C@@H](C)NC(=O)CCc4ccccc4)n3CC2)cc1. The molecule has 1 amide bonds. The van der Waals surface area contributed by atoms with Crippen LogP contribution in [0.15, 0.2) is 54.6 Å². The predicted molar refractivity (Wildman–Crippen MR) is 140 cm³/mol. The standard InChI is InChI=1S/C28H38N6O/c1-4-33(5-2)25-14-11-24(12-15-25)21-32-18-17-26-30-31-28(34(26)20-19-32)22(3)29-27(35)16-13-23-9-7-6-8-10-23/h6-12,14-15,22H,4-5,13,16-21H2,1-3H3,(H,29,35)/t22-/m1/s1. The summed E-state index contributed by atoms with van der Waals surface area (Å²) in [4.78, 5) is 17.4. The van der Waals surface area contributed by atoms with Gasteiger partial charge in [0, 0.05) is 57.8 Å². The van der Waals surface area contributed by atoms with Gasteiger partial charge in [0.15, 0.2) is 5.82 Å². The van der Waals surface area contributed by atoms with E-state index < -0.39 is 0 Å². The predicted octanol–water partition coefficient (Wildman–Crippen LogP) is 3.99. The van der Waals surface area contributed by atoms with E-state index in [0.717, 1.165) is 63.8 Å². The molecule has 1 aliphatic heterocycles. The molecule has 0 saturated heterocycles. The van der Waals surface area contributed by atoms with Crippen LogP contribution in [-0.4, -0.2) is 51.8 Å². The van der Waals surface area contributed by atoms with E-state index in [2.05, 4.69) is 80.1 Å². The van der Waals surface area contributed by atoms with Crippen molar-refractivity contribution in [2.75, 3.05) is 31.1 Å². The first-order valence-corrected chi connectivity index (χ1v) is 12.9. The Morgan fingerprint density at radius 3 is 2.43 bits per heavy atom. The van der Waals surface area contributed by atoms with Crippen molar-refractivity contribution in [2.45, 2.75) is 59.2 Å². The Morgan fingerprint density at radius 1 is 0.971 bits per heavy atom. The third-order valence-electron chi connectivity index (χ3n) is 6.87. The Hall–Kier alpha value is -3.19. The van der Waals surface area contributed by atoms with Gasteiger partial charge < -0.3 is 14.8 Å². The first-order chi connectivity index (χ1) is 17.1. The van der Waals surface area contributed by atoms with Crippen LogP contribution in [0.3, 0.4) is 0 Å². The average molecular weight is 475 g/mol. The normalized spacial score (nSPS) is 14.7. The van der Waals surface area contributed by atoms with Gasteiger partial charge in [-0.3, -0.25) is 9.69 Å². The van der Waals surface area contributed by atoms with Gasteiger partial charge in [-0.15, -0.1) is 10.2 Å². The molecule has 7 heteroatoms. The van der Waals surface area contributed by atoms with Crippen LogP contribution in [0.4, 0.5) is 5.69 Å². The van der Waals surface area contributed by atoms with Gasteiger partial charge >= 0.3 is 0 Å². The number of nitrogens with one attached hydrogen (secondary N) is 1. The van der Waals surface area contributed by atoms with Gasteiger partial charge in [-0.05, 0) is 50.5 Å². The molecular weight excluding hydrogens is 436 g/mol. The first kappa shape index (κ1) is 24.9. The lowest BCUT2D eigenvalue weighted by atomic mass is 10.1. The van der Waals surface area contributed by atoms with Gasteiger partial charge in [0.2, 0.25) is 5.91 Å². The Kier molecular flexibility index (Phi) is 8.53. The summed E-state index contributed by atoms with van der Waals surface area (Å²) in [6, 6.07) is 18.9. The third kappa shape index (κ3) is 6.48. The van der Waals surface area contributed by atoms with Crippen LogP contribution in [0.1, 0.15) is 56.0 Å². The molecule has 3 aromatic rings. The number of aryl methyl sites for hydroxylation is 1. The molecule has 0 fully saturated rings. The maximum atomic E-state index is 12.5. The zero-order chi connectivity index (χ0) is 24.6. The molecular formula is C28H38N6O. The number of nitrogens with zero attached hydrogens (tertiary/aromatic N) is 5. The number of fused-ring (bicyclic) bond motifs is 1. The molecule has 1 N–H and O–H groups in total. The molecule has 0 spiro atoms. The average Bonchev–Trinajstić information content (AvgIpc) is 3.19. The van der Waals surface area contributed by atoms with Crippen LogP contribution < -0.4 is 10.2 Å². The molecule has 2 heterocycles. The summed E-state index contributed by atoms with van der Waals surface area (Å²) in [5, 5.41) is 12.0. The lowest BCUT2D eigenvalue weighted by Crippen LogP contribution is -2.30. The number of aromatic nitrogens is 3. The van der Waals surface area contributed by atoms with Crippen molar-refractivity contribution in [3.63, 3.8) is 0 Å². The van der Waals surface area contributed by atoms with Gasteiger partial charge in [0.25, 0.3) is 0 Å². The van der Waals surface area contributed by atoms with Crippen molar-refractivity contribution in [1.29, 1.82) is 0 Å². The number of anilines is 1. The molecule has 4 rings (SSSR count). The Bertz CT molecular complexity index is 1070. The van der Waals surface area contributed by atoms with Crippen LogP contribution in [-0.2, 0) is 30.7 Å². The minimum absolute atomic E-state index is 0.0436. The summed E-state index contributed by atoms with van der Waals surface area (Å²) < 4.78 is 2.20. The van der Waals surface area contributed by atoms with Crippen molar-refractivity contribution >= 4 is 11.6 Å². The van der Waals surface area contributed by atoms with Crippen molar-refractivity contribution in [2.24, 2.45) is 0 Å². The maximum absolute atomic E-state index is 12.5. The van der Waals surface area contributed by atoms with Crippen molar-refractivity contribution in [1.82, 2.24) is 25.0 Å². The van der Waals surface area contributed by atoms with E-state index in [1.165, 1.54) is 16.8 Å². The number of rotatable bonds is 10. The van der Waals surface area contributed by atoms with Crippen molar-refractivity contribution in [3.05, 3.63) is 77.4 Å². The summed E-state index contributed by atoms with van der Waals surface area (Å²) in [5.41, 5.74) is 3.79. The highest BCUT2D eigenvalue weighted by atomic mass is 16.1. The summed E-state index contributed by atoms with van der Waals surface area (Å²) in [7, 11) is 0. The highest BCUT2D eigenvalue weighted by molar-refractivity contribution is 5.76. The minimum Gasteiger partial charge on any atom is -0.372 e. The van der Waals surface area contributed by atoms with Gasteiger partial charge in [0.1, 0.15) is 5.82 Å². The Balaban J connectivity index is 1.31. The zero-order valence-corrected chi connectivity index (χ0v) is 21.3. The summed E-state index contributed by atoms with van der Waals surface area (Å²) in [6.07, 6.45) is 2.07. The van der Waals surface area contributed by atoms with E-state index in [1.54, 1.807) is 0 Å². The van der Waals surface area contributed by atoms with E-state index in [1.807, 2.05) is 25.1 Å². The minimum atomic E-state index is -0.168. The highest BCUT2D eigenvalue weighted by Gasteiger charge is 2.23. The van der Waals surface area contributed by atoms with E-state index in [-0.39, 0.29) is 11.9 Å². The Labute approximate surface area is 209 Å². The summed E-state index contributed by atoms with van der Waals surface area (Å²) in [6.45, 7) is 12.1. The van der Waals surface area contributed by atoms with E-state index in [9.17, 15) is 4.79 Å². The Morgan fingerprint density at radius 2 is 1.71 bits per heavy atom. The smallest absolute Gasteiger partial charge is 0.220 e. The van der Waals surface area contributed by atoms with E-state index in [0.29, 0.717) is 6.42 Å². The molecule has 186 valence electrons. The second-order valence-corrected chi connectivity index (χ2v) is 9.27. The maximum Gasteiger partial charge on any atom is 0.220 e. The first-order valence-electron chi connectivity index (χ1n) is 12.9. The van der Waals surface area contributed by atoms with Crippen LogP contribution in [0.5, 0.6) is 0 Å². The monoisotopic (exact) mass is 474 g/mol. The van der Waals surface area contributed by atoms with E-state index >= 15 is 0 Å². The molecule has 0 radical (unpaired) electrons. The largest absolute Gasteiger partial charge is 0.372 e. The molecule has 1 aliphatic rings. The molecule has 1 atom stereocenters. The fourth-order valence-corrected chi connectivity index (χ4v) is 4.81. The molecule has 2 aromatic carbocycles. The fourth-order valence-electron chi connectivity index (χ4n) is 4.81. The zero-order valence-electron chi connectivity index (χ0n) is 21.3.